The van der Waals surface area contributed by atoms with Crippen LogP contribution < -0.4 is 9.70 Å². The van der Waals surface area contributed by atoms with Gasteiger partial charge in [-0.05, 0) is 36.4 Å². The minimum absolute atomic E-state index is 0.00614. The summed E-state index contributed by atoms with van der Waals surface area (Å²) in [5, 5.41) is 0. The van der Waals surface area contributed by atoms with E-state index in [4.69, 9.17) is 4.74 Å². The van der Waals surface area contributed by atoms with E-state index in [0.29, 0.717) is 10.4 Å². The summed E-state index contributed by atoms with van der Waals surface area (Å²) in [7, 11) is 5.22. The van der Waals surface area contributed by atoms with Crippen molar-refractivity contribution < 1.29 is 14.3 Å². The highest BCUT2D eigenvalue weighted by atomic mass is 32.1. The van der Waals surface area contributed by atoms with Crippen molar-refractivity contribution in [2.45, 2.75) is 6.54 Å². The van der Waals surface area contributed by atoms with Crippen LogP contribution in [-0.2, 0) is 16.1 Å². The van der Waals surface area contributed by atoms with Crippen LogP contribution in [0.1, 0.15) is 10.4 Å². The molecule has 1 heterocycles. The third-order valence-corrected chi connectivity index (χ3v) is 4.99. The number of rotatable bonds is 4. The number of carbonyl (C=O) groups is 2. The highest BCUT2D eigenvalue weighted by Crippen LogP contribution is 2.17. The number of anilines is 1. The van der Waals surface area contributed by atoms with E-state index in [2.05, 4.69) is 4.99 Å². The lowest BCUT2D eigenvalue weighted by atomic mass is 10.2. The first-order chi connectivity index (χ1) is 12.5. The van der Waals surface area contributed by atoms with Crippen molar-refractivity contribution >= 4 is 39.1 Å². The lowest BCUT2D eigenvalue weighted by molar-refractivity contribution is -0.141. The van der Waals surface area contributed by atoms with Crippen LogP contribution in [0.15, 0.2) is 53.5 Å². The van der Waals surface area contributed by atoms with Crippen LogP contribution in [-0.4, -0.2) is 37.6 Å². The zero-order valence-corrected chi connectivity index (χ0v) is 15.6. The van der Waals surface area contributed by atoms with E-state index in [1.807, 2.05) is 55.4 Å². The van der Waals surface area contributed by atoms with Gasteiger partial charge in [-0.15, -0.1) is 0 Å². The summed E-state index contributed by atoms with van der Waals surface area (Å²) in [6.07, 6.45) is 0. The Kier molecular flexibility index (Phi) is 5.18. The summed E-state index contributed by atoms with van der Waals surface area (Å²) < 4.78 is 7.42. The Bertz CT molecular complexity index is 1020. The SMILES string of the molecule is COC(=O)Cn1c(=NC(=O)c2ccc(N(C)C)cc2)sc2ccccc21. The zero-order chi connectivity index (χ0) is 18.7. The molecule has 0 atom stereocenters. The summed E-state index contributed by atoms with van der Waals surface area (Å²) in [4.78, 5) is 31.0. The third kappa shape index (κ3) is 3.67. The summed E-state index contributed by atoms with van der Waals surface area (Å²) in [6.45, 7) is 0.00614. The normalized spacial score (nSPS) is 11.6. The Morgan fingerprint density at radius 2 is 1.81 bits per heavy atom. The molecule has 7 heteroatoms. The predicted octanol–water partition coefficient (Wildman–Crippen LogP) is 2.68. The molecular formula is C19H19N3O3S. The van der Waals surface area contributed by atoms with Gasteiger partial charge in [0, 0.05) is 25.3 Å². The first-order valence-corrected chi connectivity index (χ1v) is 8.83. The number of ether oxygens (including phenoxy) is 1. The van der Waals surface area contributed by atoms with Crippen LogP contribution in [0.3, 0.4) is 0 Å². The molecule has 0 spiro atoms. The number of esters is 1. The number of thiazole rings is 1. The van der Waals surface area contributed by atoms with Crippen LogP contribution in [0, 0.1) is 0 Å². The Morgan fingerprint density at radius 3 is 2.46 bits per heavy atom. The topological polar surface area (TPSA) is 63.9 Å². The molecule has 0 N–H and O–H groups in total. The fraction of sp³-hybridized carbons (Fsp3) is 0.211. The summed E-state index contributed by atoms with van der Waals surface area (Å²) in [6, 6.07) is 14.9. The van der Waals surface area contributed by atoms with Crippen LogP contribution in [0.5, 0.6) is 0 Å². The molecule has 0 fully saturated rings. The van der Waals surface area contributed by atoms with E-state index in [9.17, 15) is 9.59 Å². The van der Waals surface area contributed by atoms with Crippen molar-refractivity contribution in [1.82, 2.24) is 4.57 Å². The highest BCUT2D eigenvalue weighted by Gasteiger charge is 2.12. The molecule has 0 unspecified atom stereocenters. The predicted molar refractivity (Wildman–Crippen MR) is 102 cm³/mol. The van der Waals surface area contributed by atoms with E-state index in [0.717, 1.165) is 15.9 Å². The largest absolute Gasteiger partial charge is 0.468 e. The van der Waals surface area contributed by atoms with Gasteiger partial charge in [-0.3, -0.25) is 9.59 Å². The van der Waals surface area contributed by atoms with Crippen molar-refractivity contribution in [3.63, 3.8) is 0 Å². The second kappa shape index (κ2) is 7.53. The number of hydrogen-bond acceptors (Lipinski definition) is 5. The Balaban J connectivity index is 2.04. The molecule has 3 aromatic rings. The number of carbonyl (C=O) groups excluding carboxylic acids is 2. The van der Waals surface area contributed by atoms with E-state index < -0.39 is 5.97 Å². The molecule has 6 nitrogen and oxygen atoms in total. The zero-order valence-electron chi connectivity index (χ0n) is 14.8. The molecule has 0 radical (unpaired) electrons. The van der Waals surface area contributed by atoms with E-state index in [-0.39, 0.29) is 12.5 Å². The van der Waals surface area contributed by atoms with Crippen molar-refractivity contribution in [3.05, 3.63) is 58.9 Å². The number of hydrogen-bond donors (Lipinski definition) is 0. The van der Waals surface area contributed by atoms with Gasteiger partial charge in [0.05, 0.1) is 17.3 Å². The lowest BCUT2D eigenvalue weighted by Gasteiger charge is -2.11. The van der Waals surface area contributed by atoms with Gasteiger partial charge in [-0.25, -0.2) is 0 Å². The van der Waals surface area contributed by atoms with Gasteiger partial charge in [-0.2, -0.15) is 4.99 Å². The molecule has 1 amide bonds. The first-order valence-electron chi connectivity index (χ1n) is 8.01. The van der Waals surface area contributed by atoms with Crippen molar-refractivity contribution in [2.75, 3.05) is 26.1 Å². The average molecular weight is 369 g/mol. The van der Waals surface area contributed by atoms with Gasteiger partial charge in [0.2, 0.25) is 0 Å². The van der Waals surface area contributed by atoms with Crippen molar-refractivity contribution in [1.29, 1.82) is 0 Å². The Morgan fingerprint density at radius 1 is 1.12 bits per heavy atom. The lowest BCUT2D eigenvalue weighted by Crippen LogP contribution is -2.22. The maximum atomic E-state index is 12.6. The quantitative estimate of drug-likeness (QED) is 0.664. The molecule has 0 aliphatic carbocycles. The van der Waals surface area contributed by atoms with Gasteiger partial charge < -0.3 is 14.2 Å². The van der Waals surface area contributed by atoms with Gasteiger partial charge in [-0.1, -0.05) is 23.5 Å². The number of aromatic nitrogens is 1. The fourth-order valence-electron chi connectivity index (χ4n) is 2.51. The molecule has 0 saturated carbocycles. The van der Waals surface area contributed by atoms with Crippen molar-refractivity contribution in [3.8, 4) is 0 Å². The molecule has 0 saturated heterocycles. The number of nitrogens with zero attached hydrogens (tertiary/aromatic N) is 3. The van der Waals surface area contributed by atoms with Gasteiger partial charge in [0.15, 0.2) is 4.80 Å². The standard InChI is InChI=1S/C19H19N3O3S/c1-21(2)14-10-8-13(9-11-14)18(24)20-19-22(12-17(23)25-3)15-6-4-5-7-16(15)26-19/h4-11H,12H2,1-3H3. The average Bonchev–Trinajstić information content (AvgIpc) is 2.98. The molecule has 2 aromatic carbocycles. The Labute approximate surface area is 155 Å². The molecule has 26 heavy (non-hydrogen) atoms. The minimum Gasteiger partial charge on any atom is -0.468 e. The fourth-order valence-corrected chi connectivity index (χ4v) is 3.53. The van der Waals surface area contributed by atoms with Gasteiger partial charge in [0.1, 0.15) is 6.54 Å². The second-order valence-corrected chi connectivity index (χ2v) is 6.88. The van der Waals surface area contributed by atoms with E-state index in [1.54, 1.807) is 16.7 Å². The number of fused-ring (bicyclic) bond motifs is 1. The van der Waals surface area contributed by atoms with Crippen molar-refractivity contribution in [2.24, 2.45) is 4.99 Å². The second-order valence-electron chi connectivity index (χ2n) is 5.87. The maximum Gasteiger partial charge on any atom is 0.325 e. The smallest absolute Gasteiger partial charge is 0.325 e. The number of benzene rings is 2. The third-order valence-electron chi connectivity index (χ3n) is 3.93. The number of para-hydroxylation sites is 1. The Hall–Kier alpha value is -2.93. The molecule has 134 valence electrons. The molecule has 3 rings (SSSR count). The first kappa shape index (κ1) is 17.9. The minimum atomic E-state index is -0.391. The number of methoxy groups -OCH3 is 1. The molecular weight excluding hydrogens is 350 g/mol. The molecule has 1 aromatic heterocycles. The van der Waals surface area contributed by atoms with Gasteiger partial charge >= 0.3 is 5.97 Å². The van der Waals surface area contributed by atoms with E-state index in [1.165, 1.54) is 18.4 Å². The highest BCUT2D eigenvalue weighted by molar-refractivity contribution is 7.16. The molecule has 0 aliphatic heterocycles. The maximum absolute atomic E-state index is 12.6. The van der Waals surface area contributed by atoms with Crippen LogP contribution in [0.2, 0.25) is 0 Å². The number of amides is 1. The summed E-state index contributed by atoms with van der Waals surface area (Å²) >= 11 is 1.37. The molecule has 0 aliphatic rings. The van der Waals surface area contributed by atoms with Crippen LogP contribution >= 0.6 is 11.3 Å². The van der Waals surface area contributed by atoms with E-state index >= 15 is 0 Å². The summed E-state index contributed by atoms with van der Waals surface area (Å²) in [5.41, 5.74) is 2.35. The molecule has 0 bridgehead atoms. The van der Waals surface area contributed by atoms with Gasteiger partial charge in [0.25, 0.3) is 5.91 Å². The summed E-state index contributed by atoms with van der Waals surface area (Å²) in [5.74, 6) is -0.738. The van der Waals surface area contributed by atoms with Crippen LogP contribution in [0.4, 0.5) is 5.69 Å². The van der Waals surface area contributed by atoms with Crippen LogP contribution in [0.25, 0.3) is 10.2 Å². The monoisotopic (exact) mass is 369 g/mol.